The van der Waals surface area contributed by atoms with Gasteiger partial charge in [0.2, 0.25) is 0 Å². The number of carbonyl (C=O) groups excluding carboxylic acids is 1. The van der Waals surface area contributed by atoms with E-state index in [9.17, 15) is 9.59 Å². The van der Waals surface area contributed by atoms with Crippen LogP contribution in [-0.2, 0) is 6.42 Å². The summed E-state index contributed by atoms with van der Waals surface area (Å²) in [5.74, 6) is -0.267. The number of ketones is 1. The zero-order chi connectivity index (χ0) is 14.8. The van der Waals surface area contributed by atoms with Crippen LogP contribution in [0.4, 0.5) is 0 Å². The van der Waals surface area contributed by atoms with Crippen molar-refractivity contribution < 1.29 is 9.21 Å². The molecule has 0 aliphatic heterocycles. The number of hydrogen-bond acceptors (Lipinski definition) is 3. The van der Waals surface area contributed by atoms with Gasteiger partial charge in [-0.2, -0.15) is 0 Å². The summed E-state index contributed by atoms with van der Waals surface area (Å²) in [5, 5.41) is 1.34. The summed E-state index contributed by atoms with van der Waals surface area (Å²) < 4.78 is 5.17. The molecule has 0 saturated heterocycles. The van der Waals surface area contributed by atoms with Gasteiger partial charge < -0.3 is 4.42 Å². The van der Waals surface area contributed by atoms with Crippen molar-refractivity contribution in [3.05, 3.63) is 81.2 Å². The van der Waals surface area contributed by atoms with Crippen LogP contribution in [0.1, 0.15) is 15.9 Å². The lowest BCUT2D eigenvalue weighted by Gasteiger charge is -2.02. The Balaban J connectivity index is 1.95. The number of rotatable bonds is 3. The minimum Gasteiger partial charge on any atom is -0.422 e. The number of halogens is 1. The van der Waals surface area contributed by atoms with Gasteiger partial charge in [-0.1, -0.05) is 41.9 Å². The highest BCUT2D eigenvalue weighted by Crippen LogP contribution is 2.15. The summed E-state index contributed by atoms with van der Waals surface area (Å²) >= 11 is 5.81. The smallest absolute Gasteiger partial charge is 0.347 e. The van der Waals surface area contributed by atoms with E-state index in [1.54, 1.807) is 48.5 Å². The molecule has 3 rings (SSSR count). The van der Waals surface area contributed by atoms with Crippen LogP contribution < -0.4 is 5.63 Å². The van der Waals surface area contributed by atoms with Crippen molar-refractivity contribution >= 4 is 28.4 Å². The molecule has 0 fully saturated rings. The van der Waals surface area contributed by atoms with Gasteiger partial charge in [0.15, 0.2) is 5.78 Å². The Morgan fingerprint density at radius 1 is 1.05 bits per heavy atom. The van der Waals surface area contributed by atoms with E-state index in [4.69, 9.17) is 16.0 Å². The second-order valence-electron chi connectivity index (χ2n) is 4.71. The van der Waals surface area contributed by atoms with Crippen molar-refractivity contribution in [3.8, 4) is 0 Å². The Bertz CT molecular complexity index is 863. The van der Waals surface area contributed by atoms with Crippen LogP contribution >= 0.6 is 11.6 Å². The highest BCUT2D eigenvalue weighted by atomic mass is 35.5. The van der Waals surface area contributed by atoms with Crippen molar-refractivity contribution in [2.75, 3.05) is 0 Å². The summed E-state index contributed by atoms with van der Waals surface area (Å²) in [6, 6.07) is 15.7. The molecule has 3 aromatic rings. The van der Waals surface area contributed by atoms with Crippen molar-refractivity contribution in [1.82, 2.24) is 0 Å². The predicted molar refractivity (Wildman–Crippen MR) is 82.0 cm³/mol. The molecule has 104 valence electrons. The van der Waals surface area contributed by atoms with Gasteiger partial charge in [0.05, 0.1) is 0 Å². The number of fused-ring (bicyclic) bond motifs is 1. The Hall–Kier alpha value is -2.39. The summed E-state index contributed by atoms with van der Waals surface area (Å²) in [4.78, 5) is 24.2. The SMILES string of the molecule is O=C(Cc1ccc(Cl)cc1)c1cc2ccccc2oc1=O. The number of para-hydroxylation sites is 1. The maximum atomic E-state index is 12.3. The average molecular weight is 299 g/mol. The van der Waals surface area contributed by atoms with E-state index in [1.807, 2.05) is 6.07 Å². The van der Waals surface area contributed by atoms with Crippen LogP contribution in [0.2, 0.25) is 5.02 Å². The third-order valence-electron chi connectivity index (χ3n) is 3.22. The highest BCUT2D eigenvalue weighted by molar-refractivity contribution is 6.30. The van der Waals surface area contributed by atoms with Crippen LogP contribution in [0.5, 0.6) is 0 Å². The largest absolute Gasteiger partial charge is 0.422 e. The Morgan fingerprint density at radius 3 is 2.52 bits per heavy atom. The molecule has 1 aromatic heterocycles. The standard InChI is InChI=1S/C17H11ClO3/c18-13-7-5-11(6-8-13)9-15(19)14-10-12-3-1-2-4-16(12)21-17(14)20/h1-8,10H,9H2. The van der Waals surface area contributed by atoms with Gasteiger partial charge in [-0.3, -0.25) is 4.79 Å². The van der Waals surface area contributed by atoms with E-state index >= 15 is 0 Å². The fourth-order valence-electron chi connectivity index (χ4n) is 2.14. The van der Waals surface area contributed by atoms with E-state index < -0.39 is 5.63 Å². The summed E-state index contributed by atoms with van der Waals surface area (Å²) in [6.07, 6.45) is 0.139. The molecule has 0 radical (unpaired) electrons. The van der Waals surface area contributed by atoms with E-state index in [-0.39, 0.29) is 17.8 Å². The van der Waals surface area contributed by atoms with E-state index in [0.717, 1.165) is 10.9 Å². The number of carbonyl (C=O) groups is 1. The lowest BCUT2D eigenvalue weighted by atomic mass is 10.0. The van der Waals surface area contributed by atoms with Gasteiger partial charge in [-0.15, -0.1) is 0 Å². The zero-order valence-corrected chi connectivity index (χ0v) is 11.8. The van der Waals surface area contributed by atoms with E-state index in [2.05, 4.69) is 0 Å². The van der Waals surface area contributed by atoms with Crippen LogP contribution in [0.25, 0.3) is 11.0 Å². The summed E-state index contributed by atoms with van der Waals surface area (Å²) in [7, 11) is 0. The zero-order valence-electron chi connectivity index (χ0n) is 11.0. The molecule has 21 heavy (non-hydrogen) atoms. The first kappa shape index (κ1) is 13.6. The van der Waals surface area contributed by atoms with Crippen molar-refractivity contribution in [2.45, 2.75) is 6.42 Å². The molecule has 2 aromatic carbocycles. The fraction of sp³-hybridized carbons (Fsp3) is 0.0588. The predicted octanol–water partition coefficient (Wildman–Crippen LogP) is 3.87. The van der Waals surface area contributed by atoms with Gasteiger partial charge in [0.1, 0.15) is 11.1 Å². The molecular formula is C17H11ClO3. The fourth-order valence-corrected chi connectivity index (χ4v) is 2.27. The minimum absolute atomic E-state index is 0.0728. The second kappa shape index (κ2) is 5.54. The summed E-state index contributed by atoms with van der Waals surface area (Å²) in [6.45, 7) is 0. The van der Waals surface area contributed by atoms with Gasteiger partial charge in [-0.05, 0) is 29.8 Å². The van der Waals surface area contributed by atoms with Crippen molar-refractivity contribution in [1.29, 1.82) is 0 Å². The molecular weight excluding hydrogens is 288 g/mol. The van der Waals surface area contributed by atoms with Crippen molar-refractivity contribution in [3.63, 3.8) is 0 Å². The Morgan fingerprint density at radius 2 is 1.76 bits per heavy atom. The van der Waals surface area contributed by atoms with E-state index in [1.165, 1.54) is 0 Å². The molecule has 0 N–H and O–H groups in total. The molecule has 0 spiro atoms. The summed E-state index contributed by atoms with van der Waals surface area (Å²) in [5.41, 5.74) is 0.749. The van der Waals surface area contributed by atoms with Crippen LogP contribution in [0.3, 0.4) is 0 Å². The van der Waals surface area contributed by atoms with Crippen LogP contribution in [0.15, 0.2) is 63.8 Å². The number of benzene rings is 2. The molecule has 1 heterocycles. The molecule has 0 bridgehead atoms. The second-order valence-corrected chi connectivity index (χ2v) is 5.15. The van der Waals surface area contributed by atoms with Gasteiger partial charge in [0, 0.05) is 16.8 Å². The Labute approximate surface area is 125 Å². The molecule has 0 unspecified atom stereocenters. The lowest BCUT2D eigenvalue weighted by molar-refractivity contribution is 0.0989. The van der Waals surface area contributed by atoms with Gasteiger partial charge in [0.25, 0.3) is 0 Å². The van der Waals surface area contributed by atoms with E-state index in [0.29, 0.717) is 10.6 Å². The highest BCUT2D eigenvalue weighted by Gasteiger charge is 2.14. The monoisotopic (exact) mass is 298 g/mol. The lowest BCUT2D eigenvalue weighted by Crippen LogP contribution is -2.15. The first-order valence-corrected chi connectivity index (χ1v) is 6.82. The quantitative estimate of drug-likeness (QED) is 0.545. The topological polar surface area (TPSA) is 47.3 Å². The van der Waals surface area contributed by atoms with Crippen LogP contribution in [0, 0.1) is 0 Å². The first-order chi connectivity index (χ1) is 10.1. The maximum Gasteiger partial charge on any atom is 0.347 e. The molecule has 0 saturated carbocycles. The molecule has 3 nitrogen and oxygen atoms in total. The normalized spacial score (nSPS) is 10.7. The number of Topliss-reactive ketones (excluding diaryl/α,β-unsaturated/α-hetero) is 1. The third kappa shape index (κ3) is 2.88. The van der Waals surface area contributed by atoms with Crippen molar-refractivity contribution in [2.24, 2.45) is 0 Å². The minimum atomic E-state index is -0.604. The third-order valence-corrected chi connectivity index (χ3v) is 3.47. The molecule has 0 aliphatic carbocycles. The first-order valence-electron chi connectivity index (χ1n) is 6.44. The van der Waals surface area contributed by atoms with Crippen LogP contribution in [-0.4, -0.2) is 5.78 Å². The molecule has 0 atom stereocenters. The average Bonchev–Trinajstić information content (AvgIpc) is 2.49. The number of hydrogen-bond donors (Lipinski definition) is 0. The van der Waals surface area contributed by atoms with Gasteiger partial charge in [-0.25, -0.2) is 4.79 Å². The van der Waals surface area contributed by atoms with Gasteiger partial charge >= 0.3 is 5.63 Å². The molecule has 0 aliphatic rings. The Kier molecular flexibility index (Phi) is 3.59. The molecule has 0 amide bonds. The maximum absolute atomic E-state index is 12.3. The molecule has 4 heteroatoms.